The number of hydrogen-bond acceptors (Lipinski definition) is 4. The SMILES string of the molecule is Cc1ccn(-c2cccc(C(C)C)c2)c(=O)c1C(=O)Nc1cn(C)nn1. The summed E-state index contributed by atoms with van der Waals surface area (Å²) in [5.41, 5.74) is 2.18. The highest BCUT2D eigenvalue weighted by Crippen LogP contribution is 2.18. The number of amides is 1. The third-order valence-electron chi connectivity index (χ3n) is 4.19. The van der Waals surface area contributed by atoms with Crippen LogP contribution in [0, 0.1) is 6.92 Å². The zero-order chi connectivity index (χ0) is 18.8. The van der Waals surface area contributed by atoms with E-state index in [1.165, 1.54) is 9.25 Å². The van der Waals surface area contributed by atoms with E-state index < -0.39 is 5.91 Å². The van der Waals surface area contributed by atoms with Crippen molar-refractivity contribution < 1.29 is 4.79 Å². The summed E-state index contributed by atoms with van der Waals surface area (Å²) in [6, 6.07) is 9.51. The molecule has 0 fully saturated rings. The number of carbonyl (C=O) groups excluding carboxylic acids is 1. The number of rotatable bonds is 4. The van der Waals surface area contributed by atoms with Gasteiger partial charge in [0.05, 0.1) is 6.20 Å². The number of hydrogen-bond donors (Lipinski definition) is 1. The second-order valence-electron chi connectivity index (χ2n) is 6.53. The Bertz CT molecular complexity index is 1020. The summed E-state index contributed by atoms with van der Waals surface area (Å²) in [4.78, 5) is 25.6. The van der Waals surface area contributed by atoms with E-state index in [1.807, 2.05) is 24.3 Å². The minimum atomic E-state index is -0.498. The van der Waals surface area contributed by atoms with Crippen LogP contribution in [0.25, 0.3) is 5.69 Å². The number of aromatic nitrogens is 4. The summed E-state index contributed by atoms with van der Waals surface area (Å²) >= 11 is 0. The predicted octanol–water partition coefficient (Wildman–Crippen LogP) is 2.65. The van der Waals surface area contributed by atoms with Crippen molar-refractivity contribution in [3.05, 3.63) is 69.8 Å². The van der Waals surface area contributed by atoms with Crippen molar-refractivity contribution in [1.82, 2.24) is 19.6 Å². The molecule has 0 aliphatic heterocycles. The molecule has 0 radical (unpaired) electrons. The number of anilines is 1. The Morgan fingerprint density at radius 3 is 2.65 bits per heavy atom. The van der Waals surface area contributed by atoms with Crippen LogP contribution in [0.1, 0.15) is 41.3 Å². The highest BCUT2D eigenvalue weighted by Gasteiger charge is 2.18. The zero-order valence-corrected chi connectivity index (χ0v) is 15.2. The maximum absolute atomic E-state index is 13.0. The lowest BCUT2D eigenvalue weighted by Crippen LogP contribution is -2.29. The van der Waals surface area contributed by atoms with Crippen molar-refractivity contribution >= 4 is 11.7 Å². The van der Waals surface area contributed by atoms with Crippen molar-refractivity contribution in [2.75, 3.05) is 5.32 Å². The summed E-state index contributed by atoms with van der Waals surface area (Å²) < 4.78 is 2.97. The molecule has 134 valence electrons. The molecule has 3 rings (SSSR count). The van der Waals surface area contributed by atoms with Crippen LogP contribution in [0.3, 0.4) is 0 Å². The van der Waals surface area contributed by atoms with E-state index in [0.717, 1.165) is 11.3 Å². The average Bonchev–Trinajstić information content (AvgIpc) is 3.00. The van der Waals surface area contributed by atoms with Crippen LogP contribution in [0.15, 0.2) is 47.5 Å². The van der Waals surface area contributed by atoms with Crippen molar-refractivity contribution in [2.24, 2.45) is 7.05 Å². The van der Waals surface area contributed by atoms with Gasteiger partial charge in [-0.3, -0.25) is 18.8 Å². The van der Waals surface area contributed by atoms with E-state index in [9.17, 15) is 9.59 Å². The normalized spacial score (nSPS) is 11.0. The van der Waals surface area contributed by atoms with Crippen LogP contribution in [0.2, 0.25) is 0 Å². The first-order chi connectivity index (χ1) is 12.4. The summed E-state index contributed by atoms with van der Waals surface area (Å²) in [6.45, 7) is 5.93. The van der Waals surface area contributed by atoms with Crippen LogP contribution in [-0.2, 0) is 7.05 Å². The monoisotopic (exact) mass is 351 g/mol. The Labute approximate surface area is 151 Å². The lowest BCUT2D eigenvalue weighted by Gasteiger charge is -2.12. The molecule has 1 amide bonds. The molecule has 0 aliphatic rings. The van der Waals surface area contributed by atoms with Gasteiger partial charge in [-0.15, -0.1) is 5.10 Å². The molecule has 2 heterocycles. The average molecular weight is 351 g/mol. The van der Waals surface area contributed by atoms with E-state index in [-0.39, 0.29) is 11.1 Å². The smallest absolute Gasteiger partial charge is 0.268 e. The minimum absolute atomic E-state index is 0.0908. The van der Waals surface area contributed by atoms with E-state index in [2.05, 4.69) is 29.5 Å². The Hall–Kier alpha value is -3.22. The second-order valence-corrected chi connectivity index (χ2v) is 6.53. The van der Waals surface area contributed by atoms with Crippen molar-refractivity contribution in [2.45, 2.75) is 26.7 Å². The van der Waals surface area contributed by atoms with Crippen LogP contribution in [-0.4, -0.2) is 25.5 Å². The third kappa shape index (κ3) is 3.42. The summed E-state index contributed by atoms with van der Waals surface area (Å²) in [7, 11) is 1.70. The molecule has 0 saturated heterocycles. The lowest BCUT2D eigenvalue weighted by atomic mass is 10.0. The molecule has 0 saturated carbocycles. The molecule has 7 heteroatoms. The summed E-state index contributed by atoms with van der Waals surface area (Å²) in [6.07, 6.45) is 3.26. The van der Waals surface area contributed by atoms with Crippen molar-refractivity contribution in [1.29, 1.82) is 0 Å². The molecular formula is C19H21N5O2. The van der Waals surface area contributed by atoms with Gasteiger partial charge in [0, 0.05) is 18.9 Å². The number of nitrogens with zero attached hydrogens (tertiary/aromatic N) is 4. The molecule has 0 atom stereocenters. The van der Waals surface area contributed by atoms with E-state index in [0.29, 0.717) is 17.3 Å². The quantitative estimate of drug-likeness (QED) is 0.783. The molecule has 0 bridgehead atoms. The molecule has 26 heavy (non-hydrogen) atoms. The van der Waals surface area contributed by atoms with Gasteiger partial charge >= 0.3 is 0 Å². The first-order valence-electron chi connectivity index (χ1n) is 8.37. The predicted molar refractivity (Wildman–Crippen MR) is 99.8 cm³/mol. The fraction of sp³-hybridized carbons (Fsp3) is 0.263. The molecule has 1 aromatic carbocycles. The molecular weight excluding hydrogens is 330 g/mol. The third-order valence-corrected chi connectivity index (χ3v) is 4.19. The molecule has 0 unspecified atom stereocenters. The molecule has 3 aromatic rings. The highest BCUT2D eigenvalue weighted by molar-refractivity contribution is 6.04. The van der Waals surface area contributed by atoms with Gasteiger partial charge in [0.1, 0.15) is 5.56 Å². The summed E-state index contributed by atoms with van der Waals surface area (Å²) in [5, 5.41) is 10.2. The number of carbonyl (C=O) groups is 1. The van der Waals surface area contributed by atoms with Gasteiger partial charge in [0.25, 0.3) is 11.5 Å². The molecule has 0 spiro atoms. The Morgan fingerprint density at radius 1 is 1.23 bits per heavy atom. The zero-order valence-electron chi connectivity index (χ0n) is 15.2. The number of benzene rings is 1. The fourth-order valence-corrected chi connectivity index (χ4v) is 2.72. The Balaban J connectivity index is 2.02. The number of nitrogens with one attached hydrogen (secondary N) is 1. The van der Waals surface area contributed by atoms with E-state index >= 15 is 0 Å². The second kappa shape index (κ2) is 6.95. The standard InChI is InChI=1S/C19H21N5O2/c1-12(2)14-6-5-7-15(10-14)24-9-8-13(3)17(19(24)26)18(25)20-16-11-23(4)22-21-16/h5-12H,1-4H3,(H,20,25). The van der Waals surface area contributed by atoms with Gasteiger partial charge in [-0.1, -0.05) is 31.2 Å². The van der Waals surface area contributed by atoms with Gasteiger partial charge < -0.3 is 5.32 Å². The van der Waals surface area contributed by atoms with Crippen LogP contribution < -0.4 is 10.9 Å². The lowest BCUT2D eigenvalue weighted by molar-refractivity contribution is 0.102. The maximum atomic E-state index is 13.0. The maximum Gasteiger partial charge on any atom is 0.268 e. The Morgan fingerprint density at radius 2 is 2.00 bits per heavy atom. The van der Waals surface area contributed by atoms with Crippen LogP contribution >= 0.6 is 0 Å². The Kier molecular flexibility index (Phi) is 4.71. The van der Waals surface area contributed by atoms with Crippen LogP contribution in [0.5, 0.6) is 0 Å². The van der Waals surface area contributed by atoms with Gasteiger partial charge in [0.2, 0.25) is 0 Å². The fourth-order valence-electron chi connectivity index (χ4n) is 2.72. The van der Waals surface area contributed by atoms with Gasteiger partial charge in [0.15, 0.2) is 5.82 Å². The molecule has 0 aliphatic carbocycles. The first-order valence-corrected chi connectivity index (χ1v) is 8.37. The van der Waals surface area contributed by atoms with E-state index in [4.69, 9.17) is 0 Å². The van der Waals surface area contributed by atoms with Gasteiger partial charge in [-0.2, -0.15) is 0 Å². The minimum Gasteiger partial charge on any atom is -0.304 e. The van der Waals surface area contributed by atoms with Crippen molar-refractivity contribution in [3.8, 4) is 5.69 Å². The van der Waals surface area contributed by atoms with Crippen molar-refractivity contribution in [3.63, 3.8) is 0 Å². The molecule has 1 N–H and O–H groups in total. The molecule has 2 aromatic heterocycles. The topological polar surface area (TPSA) is 81.8 Å². The largest absolute Gasteiger partial charge is 0.304 e. The first kappa shape index (κ1) is 17.6. The number of aryl methyl sites for hydroxylation is 2. The van der Waals surface area contributed by atoms with Gasteiger partial charge in [-0.05, 0) is 42.2 Å². The van der Waals surface area contributed by atoms with Crippen LogP contribution in [0.4, 0.5) is 5.82 Å². The van der Waals surface area contributed by atoms with Gasteiger partial charge in [-0.25, -0.2) is 0 Å². The number of pyridine rings is 1. The summed E-state index contributed by atoms with van der Waals surface area (Å²) in [5.74, 6) is 0.145. The molecule has 7 nitrogen and oxygen atoms in total. The van der Waals surface area contributed by atoms with E-state index in [1.54, 1.807) is 32.4 Å². The highest BCUT2D eigenvalue weighted by atomic mass is 16.2.